The molecule has 0 radical (unpaired) electrons. The van der Waals surface area contributed by atoms with E-state index in [0.717, 1.165) is 0 Å². The Morgan fingerprint density at radius 3 is 2.48 bits per heavy atom. The lowest BCUT2D eigenvalue weighted by Gasteiger charge is -2.34. The minimum atomic E-state index is -3.53. The van der Waals surface area contributed by atoms with Crippen LogP contribution in [0.4, 0.5) is 0 Å². The van der Waals surface area contributed by atoms with Crippen LogP contribution in [0.1, 0.15) is 13.3 Å². The molecule has 0 aromatic heterocycles. The maximum absolute atomic E-state index is 12.7. The third-order valence-corrected chi connectivity index (χ3v) is 5.79. The van der Waals surface area contributed by atoms with Crippen molar-refractivity contribution in [2.45, 2.75) is 24.3 Å². The maximum atomic E-state index is 12.7. The van der Waals surface area contributed by atoms with Gasteiger partial charge in [-0.15, -0.1) is 0 Å². The number of rotatable bonds is 4. The van der Waals surface area contributed by atoms with Crippen molar-refractivity contribution >= 4 is 10.0 Å². The quantitative estimate of drug-likeness (QED) is 0.898. The van der Waals surface area contributed by atoms with Gasteiger partial charge in [0.15, 0.2) is 11.5 Å². The van der Waals surface area contributed by atoms with Crippen LogP contribution < -0.4 is 15.2 Å². The van der Waals surface area contributed by atoms with Crippen molar-refractivity contribution in [2.24, 2.45) is 11.7 Å². The fraction of sp³-hybridized carbons (Fsp3) is 0.571. The number of benzene rings is 1. The van der Waals surface area contributed by atoms with Crippen LogP contribution in [0.2, 0.25) is 0 Å². The van der Waals surface area contributed by atoms with Gasteiger partial charge in [-0.2, -0.15) is 4.31 Å². The third kappa shape index (κ3) is 3.14. The summed E-state index contributed by atoms with van der Waals surface area (Å²) in [5.74, 6) is 1.06. The second-order valence-electron chi connectivity index (χ2n) is 5.31. The second-order valence-corrected chi connectivity index (χ2v) is 7.25. The minimum Gasteiger partial charge on any atom is -0.493 e. The molecule has 2 unspecified atom stereocenters. The zero-order chi connectivity index (χ0) is 15.6. The summed E-state index contributed by atoms with van der Waals surface area (Å²) >= 11 is 0. The Hall–Kier alpha value is -1.31. The van der Waals surface area contributed by atoms with Crippen LogP contribution in [0.15, 0.2) is 23.1 Å². The van der Waals surface area contributed by atoms with E-state index in [0.29, 0.717) is 31.0 Å². The lowest BCUT2D eigenvalue weighted by atomic mass is 9.96. The largest absolute Gasteiger partial charge is 0.493 e. The average molecular weight is 314 g/mol. The van der Waals surface area contributed by atoms with Crippen LogP contribution in [0.5, 0.6) is 11.5 Å². The lowest BCUT2D eigenvalue weighted by Crippen LogP contribution is -2.48. The molecular weight excluding hydrogens is 292 g/mol. The molecule has 1 aliphatic heterocycles. The van der Waals surface area contributed by atoms with Crippen molar-refractivity contribution in [1.82, 2.24) is 4.31 Å². The van der Waals surface area contributed by atoms with Crippen molar-refractivity contribution in [2.75, 3.05) is 27.3 Å². The summed E-state index contributed by atoms with van der Waals surface area (Å²) in [5.41, 5.74) is 5.95. The van der Waals surface area contributed by atoms with Gasteiger partial charge in [-0.25, -0.2) is 8.42 Å². The molecule has 2 atom stereocenters. The fourth-order valence-corrected chi connectivity index (χ4v) is 4.04. The van der Waals surface area contributed by atoms with Gasteiger partial charge in [0.25, 0.3) is 0 Å². The second kappa shape index (κ2) is 6.21. The van der Waals surface area contributed by atoms with Crippen molar-refractivity contribution in [1.29, 1.82) is 0 Å². The number of hydrogen-bond donors (Lipinski definition) is 1. The maximum Gasteiger partial charge on any atom is 0.243 e. The normalized spacial score (nSPS) is 23.8. The molecule has 1 fully saturated rings. The predicted molar refractivity (Wildman–Crippen MR) is 80.1 cm³/mol. The van der Waals surface area contributed by atoms with E-state index in [-0.39, 0.29) is 16.9 Å². The summed E-state index contributed by atoms with van der Waals surface area (Å²) in [4.78, 5) is 0.211. The Balaban J connectivity index is 2.31. The van der Waals surface area contributed by atoms with E-state index in [1.807, 2.05) is 6.92 Å². The summed E-state index contributed by atoms with van der Waals surface area (Å²) in [5, 5.41) is 0. The molecule has 0 aliphatic carbocycles. The number of methoxy groups -OCH3 is 2. The highest BCUT2D eigenvalue weighted by atomic mass is 32.2. The number of piperidine rings is 1. The molecule has 0 saturated carbocycles. The SMILES string of the molecule is COc1ccc(S(=O)(=O)N2CCC(N)C(C)C2)cc1OC. The third-order valence-electron chi connectivity index (χ3n) is 3.93. The first-order valence-corrected chi connectivity index (χ1v) is 8.32. The van der Waals surface area contributed by atoms with Gasteiger partial charge in [-0.1, -0.05) is 6.92 Å². The van der Waals surface area contributed by atoms with E-state index in [9.17, 15) is 8.42 Å². The van der Waals surface area contributed by atoms with Crippen LogP contribution >= 0.6 is 0 Å². The first-order chi connectivity index (χ1) is 9.90. The highest BCUT2D eigenvalue weighted by Gasteiger charge is 2.32. The number of hydrogen-bond acceptors (Lipinski definition) is 5. The summed E-state index contributed by atoms with van der Waals surface area (Å²) in [6.45, 7) is 2.86. The topological polar surface area (TPSA) is 81.9 Å². The zero-order valence-corrected chi connectivity index (χ0v) is 13.4. The Labute approximate surface area is 125 Å². The molecule has 2 rings (SSSR count). The number of ether oxygens (including phenoxy) is 2. The molecule has 2 N–H and O–H groups in total. The molecule has 6 nitrogen and oxygen atoms in total. The Morgan fingerprint density at radius 2 is 1.90 bits per heavy atom. The van der Waals surface area contributed by atoms with Crippen LogP contribution in [-0.4, -0.2) is 46.1 Å². The Bertz CT molecular complexity index is 603. The summed E-state index contributed by atoms with van der Waals surface area (Å²) in [6.07, 6.45) is 0.674. The van der Waals surface area contributed by atoms with Crippen LogP contribution in [0, 0.1) is 5.92 Å². The standard InChI is InChI=1S/C14H22N2O4S/c1-10-9-16(7-6-12(10)15)21(17,18)11-4-5-13(19-2)14(8-11)20-3/h4-5,8,10,12H,6-7,9,15H2,1-3H3. The predicted octanol–water partition coefficient (Wildman–Crippen LogP) is 1.06. The average Bonchev–Trinajstić information content (AvgIpc) is 2.49. The van der Waals surface area contributed by atoms with Gasteiger partial charge in [0.2, 0.25) is 10.0 Å². The van der Waals surface area contributed by atoms with Gasteiger partial charge in [-0.05, 0) is 24.5 Å². The number of nitrogens with zero attached hydrogens (tertiary/aromatic N) is 1. The van der Waals surface area contributed by atoms with Gasteiger partial charge in [0, 0.05) is 25.2 Å². The molecule has 0 bridgehead atoms. The molecule has 1 heterocycles. The molecule has 7 heteroatoms. The van der Waals surface area contributed by atoms with Crippen molar-refractivity contribution in [3.63, 3.8) is 0 Å². The molecule has 1 aliphatic rings. The minimum absolute atomic E-state index is 0.0573. The number of nitrogens with two attached hydrogens (primary N) is 1. The van der Waals surface area contributed by atoms with Crippen molar-refractivity contribution in [3.8, 4) is 11.5 Å². The summed E-state index contributed by atoms with van der Waals surface area (Å²) < 4.78 is 37.2. The van der Waals surface area contributed by atoms with Gasteiger partial charge in [0.1, 0.15) is 0 Å². The van der Waals surface area contributed by atoms with Crippen LogP contribution in [0.3, 0.4) is 0 Å². The molecule has 1 aromatic carbocycles. The highest BCUT2D eigenvalue weighted by Crippen LogP contribution is 2.31. The summed E-state index contributed by atoms with van der Waals surface area (Å²) in [7, 11) is -0.538. The van der Waals surface area contributed by atoms with Gasteiger partial charge in [0.05, 0.1) is 19.1 Å². The van der Waals surface area contributed by atoms with Crippen LogP contribution in [0.25, 0.3) is 0 Å². The van der Waals surface area contributed by atoms with Gasteiger partial charge >= 0.3 is 0 Å². The fourth-order valence-electron chi connectivity index (χ4n) is 2.47. The molecule has 1 saturated heterocycles. The van der Waals surface area contributed by atoms with Crippen molar-refractivity contribution in [3.05, 3.63) is 18.2 Å². The molecule has 118 valence electrons. The molecule has 21 heavy (non-hydrogen) atoms. The lowest BCUT2D eigenvalue weighted by molar-refractivity contribution is 0.250. The first kappa shape index (κ1) is 16.1. The Morgan fingerprint density at radius 1 is 1.24 bits per heavy atom. The smallest absolute Gasteiger partial charge is 0.243 e. The van der Waals surface area contributed by atoms with E-state index in [4.69, 9.17) is 15.2 Å². The van der Waals surface area contributed by atoms with Crippen LogP contribution in [-0.2, 0) is 10.0 Å². The monoisotopic (exact) mass is 314 g/mol. The van der Waals surface area contributed by atoms with E-state index in [1.54, 1.807) is 6.07 Å². The van der Waals surface area contributed by atoms with E-state index in [2.05, 4.69) is 0 Å². The zero-order valence-electron chi connectivity index (χ0n) is 12.6. The Kier molecular flexibility index (Phi) is 4.75. The highest BCUT2D eigenvalue weighted by molar-refractivity contribution is 7.89. The van der Waals surface area contributed by atoms with Gasteiger partial charge < -0.3 is 15.2 Å². The van der Waals surface area contributed by atoms with E-state index < -0.39 is 10.0 Å². The summed E-state index contributed by atoms with van der Waals surface area (Å²) in [6, 6.07) is 4.69. The first-order valence-electron chi connectivity index (χ1n) is 6.88. The van der Waals surface area contributed by atoms with E-state index >= 15 is 0 Å². The molecule has 1 aromatic rings. The van der Waals surface area contributed by atoms with Gasteiger partial charge in [-0.3, -0.25) is 0 Å². The molecule has 0 spiro atoms. The molecular formula is C14H22N2O4S. The molecule has 0 amide bonds. The number of sulfonamides is 1. The van der Waals surface area contributed by atoms with Crippen molar-refractivity contribution < 1.29 is 17.9 Å². The van der Waals surface area contributed by atoms with E-state index in [1.165, 1.54) is 30.7 Å².